The second-order valence-electron chi connectivity index (χ2n) is 7.99. The van der Waals surface area contributed by atoms with Crippen LogP contribution in [0.1, 0.15) is 57.9 Å². The molecule has 31 heavy (non-hydrogen) atoms. The molecule has 2 aliphatic rings. The molecule has 2 atom stereocenters. The summed E-state index contributed by atoms with van der Waals surface area (Å²) in [7, 11) is 0. The maximum Gasteiger partial charge on any atom is 0.175 e. The summed E-state index contributed by atoms with van der Waals surface area (Å²) in [5, 5.41) is 13.3. The minimum Gasteiger partial charge on any atom is -0.490 e. The van der Waals surface area contributed by atoms with E-state index < -0.39 is 5.92 Å². The minimum absolute atomic E-state index is 0.120. The maximum absolute atomic E-state index is 13.3. The van der Waals surface area contributed by atoms with Crippen LogP contribution >= 0.6 is 15.9 Å². The van der Waals surface area contributed by atoms with Crippen molar-refractivity contribution in [2.24, 2.45) is 11.7 Å². The van der Waals surface area contributed by atoms with Crippen LogP contribution in [0.15, 0.2) is 39.1 Å². The van der Waals surface area contributed by atoms with Crippen LogP contribution in [0.2, 0.25) is 0 Å². The van der Waals surface area contributed by atoms with Crippen LogP contribution in [0.3, 0.4) is 0 Å². The number of dihydropyridines is 1. The third-order valence-corrected chi connectivity index (χ3v) is 6.35. The Kier molecular flexibility index (Phi) is 7.79. The average molecular weight is 488 g/mol. The van der Waals surface area contributed by atoms with Gasteiger partial charge in [-0.1, -0.05) is 13.3 Å². The topological polar surface area (TPSA) is 97.4 Å². The van der Waals surface area contributed by atoms with Crippen LogP contribution in [0.5, 0.6) is 11.5 Å². The summed E-state index contributed by atoms with van der Waals surface area (Å²) in [4.78, 5) is 13.3. The Morgan fingerprint density at radius 3 is 2.71 bits per heavy atom. The number of nitrogens with zero attached hydrogens (tertiary/aromatic N) is 1. The van der Waals surface area contributed by atoms with E-state index in [1.165, 1.54) is 0 Å². The lowest BCUT2D eigenvalue weighted by Crippen LogP contribution is -2.34. The first-order valence-corrected chi connectivity index (χ1v) is 11.7. The highest BCUT2D eigenvalue weighted by molar-refractivity contribution is 9.10. The van der Waals surface area contributed by atoms with E-state index in [0.29, 0.717) is 59.2 Å². The van der Waals surface area contributed by atoms with Gasteiger partial charge in [0.15, 0.2) is 17.3 Å². The number of carbonyl (C=O) groups is 1. The number of ether oxygens (including phenoxy) is 2. The molecule has 1 aromatic rings. The van der Waals surface area contributed by atoms with Gasteiger partial charge in [-0.25, -0.2) is 0 Å². The van der Waals surface area contributed by atoms with Crippen molar-refractivity contribution >= 4 is 21.7 Å². The van der Waals surface area contributed by atoms with E-state index in [4.69, 9.17) is 15.2 Å². The number of nitrogens with two attached hydrogens (primary N) is 1. The zero-order valence-electron chi connectivity index (χ0n) is 18.4. The molecule has 0 saturated heterocycles. The predicted molar refractivity (Wildman–Crippen MR) is 124 cm³/mol. The molecular weight excluding hydrogens is 458 g/mol. The Morgan fingerprint density at radius 1 is 1.29 bits per heavy atom. The van der Waals surface area contributed by atoms with Crippen LogP contribution in [0, 0.1) is 17.2 Å². The summed E-state index contributed by atoms with van der Waals surface area (Å²) in [5.41, 5.74) is 9.45. The number of hydrogen-bond acceptors (Lipinski definition) is 6. The van der Waals surface area contributed by atoms with Crippen LogP contribution in [0.4, 0.5) is 0 Å². The zero-order valence-corrected chi connectivity index (χ0v) is 20.0. The largest absolute Gasteiger partial charge is 0.490 e. The van der Waals surface area contributed by atoms with Gasteiger partial charge in [-0.15, -0.1) is 0 Å². The van der Waals surface area contributed by atoms with Crippen molar-refractivity contribution in [3.8, 4) is 17.6 Å². The molecule has 1 aromatic carbocycles. The molecule has 1 aliphatic heterocycles. The lowest BCUT2D eigenvalue weighted by atomic mass is 9.72. The molecule has 7 heteroatoms. The van der Waals surface area contributed by atoms with E-state index in [1.54, 1.807) is 0 Å². The van der Waals surface area contributed by atoms with Crippen molar-refractivity contribution in [2.75, 3.05) is 19.8 Å². The zero-order chi connectivity index (χ0) is 22.5. The maximum atomic E-state index is 13.3. The molecule has 3 rings (SSSR count). The van der Waals surface area contributed by atoms with Gasteiger partial charge in [0.05, 0.1) is 28.6 Å². The van der Waals surface area contributed by atoms with Gasteiger partial charge >= 0.3 is 0 Å². The summed E-state index contributed by atoms with van der Waals surface area (Å²) in [6.07, 6.45) is 3.44. The summed E-state index contributed by atoms with van der Waals surface area (Å²) in [6.45, 7) is 7.17. The van der Waals surface area contributed by atoms with Gasteiger partial charge in [0, 0.05) is 29.9 Å². The quantitative estimate of drug-likeness (QED) is 0.551. The minimum atomic E-state index is -0.421. The van der Waals surface area contributed by atoms with Gasteiger partial charge in [0.25, 0.3) is 0 Å². The van der Waals surface area contributed by atoms with Gasteiger partial charge in [-0.3, -0.25) is 4.79 Å². The van der Waals surface area contributed by atoms with E-state index in [-0.39, 0.29) is 5.78 Å². The summed E-state index contributed by atoms with van der Waals surface area (Å²) < 4.78 is 12.3. The summed E-state index contributed by atoms with van der Waals surface area (Å²) in [5.74, 6) is 1.20. The van der Waals surface area contributed by atoms with Crippen molar-refractivity contribution < 1.29 is 14.3 Å². The number of Topliss-reactive ketones (excluding diaryl/α,β-unsaturated/α-hetero) is 1. The number of nitrogens with one attached hydrogen (secondary N) is 1. The van der Waals surface area contributed by atoms with Crippen LogP contribution < -0.4 is 20.5 Å². The van der Waals surface area contributed by atoms with Gasteiger partial charge in [0.2, 0.25) is 0 Å². The normalized spacial score (nSPS) is 20.8. The van der Waals surface area contributed by atoms with Crippen molar-refractivity contribution in [3.05, 3.63) is 44.7 Å². The first-order chi connectivity index (χ1) is 14.9. The van der Waals surface area contributed by atoms with Crippen LogP contribution in [-0.2, 0) is 4.79 Å². The molecule has 0 fully saturated rings. The van der Waals surface area contributed by atoms with Crippen molar-refractivity contribution in [3.63, 3.8) is 0 Å². The number of allylic oxidation sites excluding steroid dienone is 4. The fourth-order valence-electron chi connectivity index (χ4n) is 4.53. The van der Waals surface area contributed by atoms with Gasteiger partial charge in [-0.05, 0) is 66.2 Å². The molecule has 0 bridgehead atoms. The number of benzene rings is 1. The number of hydrogen-bond donors (Lipinski definition) is 2. The first-order valence-electron chi connectivity index (χ1n) is 10.9. The number of rotatable bonds is 8. The van der Waals surface area contributed by atoms with Crippen molar-refractivity contribution in [2.45, 2.75) is 52.4 Å². The predicted octanol–water partition coefficient (Wildman–Crippen LogP) is 4.70. The van der Waals surface area contributed by atoms with E-state index in [1.807, 2.05) is 26.0 Å². The molecule has 2 unspecified atom stereocenters. The second-order valence-corrected chi connectivity index (χ2v) is 8.84. The van der Waals surface area contributed by atoms with E-state index in [2.05, 4.69) is 34.2 Å². The fraction of sp³-hybridized carbons (Fsp3) is 0.500. The second kappa shape index (κ2) is 10.3. The molecule has 0 spiro atoms. The molecule has 0 radical (unpaired) electrons. The number of nitriles is 1. The third kappa shape index (κ3) is 4.81. The standard InChI is InChI=1S/C24H30BrN3O3/c1-4-6-15-9-19-23(20(29)10-15)22(17(13-27)14(3)28-19)16-11-18(25)24(31-8-7-26)21(12-16)30-5-2/h11-12,15,22,28H,4-10,26H2,1-3H3. The SMILES string of the molecule is CCCC1CC(=O)C2=C(C1)NC(C)=C(C#N)C2c1cc(Br)c(OCCN)c(OCC)c1. The van der Waals surface area contributed by atoms with Crippen molar-refractivity contribution in [1.82, 2.24) is 5.32 Å². The first kappa shape index (κ1) is 23.4. The Balaban J connectivity index is 2.12. The lowest BCUT2D eigenvalue weighted by molar-refractivity contribution is -0.117. The van der Waals surface area contributed by atoms with Gasteiger partial charge in [-0.2, -0.15) is 5.26 Å². The molecule has 166 valence electrons. The number of halogens is 1. The number of carbonyl (C=O) groups excluding carboxylic acids is 1. The van der Waals surface area contributed by atoms with Crippen LogP contribution in [-0.4, -0.2) is 25.5 Å². The lowest BCUT2D eigenvalue weighted by Gasteiger charge is -2.35. The molecule has 0 aromatic heterocycles. The molecule has 1 aliphatic carbocycles. The third-order valence-electron chi connectivity index (χ3n) is 5.76. The average Bonchev–Trinajstić information content (AvgIpc) is 2.72. The Labute approximate surface area is 192 Å². The molecule has 6 nitrogen and oxygen atoms in total. The summed E-state index contributed by atoms with van der Waals surface area (Å²) in [6, 6.07) is 6.15. The summed E-state index contributed by atoms with van der Waals surface area (Å²) >= 11 is 3.59. The highest BCUT2D eigenvalue weighted by Crippen LogP contribution is 2.47. The molecule has 1 heterocycles. The monoisotopic (exact) mass is 487 g/mol. The molecular formula is C24H30BrN3O3. The molecule has 0 saturated carbocycles. The van der Waals surface area contributed by atoms with Gasteiger partial charge in [0.1, 0.15) is 6.61 Å². The highest BCUT2D eigenvalue weighted by atomic mass is 79.9. The van der Waals surface area contributed by atoms with E-state index in [9.17, 15) is 10.1 Å². The Hall–Kier alpha value is -2.30. The van der Waals surface area contributed by atoms with E-state index in [0.717, 1.165) is 36.2 Å². The molecule has 3 N–H and O–H groups in total. The highest BCUT2D eigenvalue weighted by Gasteiger charge is 2.38. The Morgan fingerprint density at radius 2 is 2.06 bits per heavy atom. The van der Waals surface area contributed by atoms with Gasteiger partial charge < -0.3 is 20.5 Å². The Bertz CT molecular complexity index is 962. The number of ketones is 1. The molecule has 0 amide bonds. The van der Waals surface area contributed by atoms with Crippen molar-refractivity contribution in [1.29, 1.82) is 5.26 Å². The fourth-order valence-corrected chi connectivity index (χ4v) is 5.11. The van der Waals surface area contributed by atoms with E-state index >= 15 is 0 Å². The smallest absolute Gasteiger partial charge is 0.175 e. The van der Waals surface area contributed by atoms with Crippen LogP contribution in [0.25, 0.3) is 0 Å².